The largest absolute Gasteiger partial charge is 0.387 e. The second-order valence-electron chi connectivity index (χ2n) is 6.42. The van der Waals surface area contributed by atoms with Crippen molar-refractivity contribution in [3.63, 3.8) is 0 Å². The average Bonchev–Trinajstić information content (AvgIpc) is 2.94. The van der Waals surface area contributed by atoms with Gasteiger partial charge >= 0.3 is 0 Å². The van der Waals surface area contributed by atoms with E-state index in [4.69, 9.17) is 0 Å². The molecule has 1 heterocycles. The predicted octanol–water partition coefficient (Wildman–Crippen LogP) is 2.92. The summed E-state index contributed by atoms with van der Waals surface area (Å²) in [7, 11) is 0. The highest BCUT2D eigenvalue weighted by Crippen LogP contribution is 2.19. The number of aliphatic hydroxyl groups is 1. The third-order valence-electron chi connectivity index (χ3n) is 4.61. The molecule has 3 nitrogen and oxygen atoms in total. The molecule has 0 amide bonds. The summed E-state index contributed by atoms with van der Waals surface area (Å²) in [4.78, 5) is 2.52. The molecule has 21 heavy (non-hydrogen) atoms. The van der Waals surface area contributed by atoms with Gasteiger partial charge in [-0.1, -0.05) is 45.0 Å². The molecular weight excluding hydrogens is 260 g/mol. The molecule has 1 aliphatic heterocycles. The molecule has 3 heteroatoms. The van der Waals surface area contributed by atoms with Crippen molar-refractivity contribution in [2.24, 2.45) is 0 Å². The maximum atomic E-state index is 10.3. The van der Waals surface area contributed by atoms with E-state index in [-0.39, 0.29) is 0 Å². The molecule has 0 saturated carbocycles. The van der Waals surface area contributed by atoms with E-state index in [1.807, 2.05) is 0 Å². The summed E-state index contributed by atoms with van der Waals surface area (Å²) >= 11 is 0. The van der Waals surface area contributed by atoms with Gasteiger partial charge in [-0.05, 0) is 43.0 Å². The van der Waals surface area contributed by atoms with Gasteiger partial charge in [0.25, 0.3) is 0 Å². The molecule has 2 atom stereocenters. The third kappa shape index (κ3) is 4.53. The predicted molar refractivity (Wildman–Crippen MR) is 88.6 cm³/mol. The van der Waals surface area contributed by atoms with E-state index in [1.165, 1.54) is 24.9 Å². The lowest BCUT2D eigenvalue weighted by molar-refractivity contribution is 0.168. The van der Waals surface area contributed by atoms with E-state index < -0.39 is 6.10 Å². The Balaban J connectivity index is 1.77. The third-order valence-corrected chi connectivity index (χ3v) is 4.61. The Morgan fingerprint density at radius 1 is 1.24 bits per heavy atom. The number of hydrogen-bond donors (Lipinski definition) is 2. The minimum Gasteiger partial charge on any atom is -0.387 e. The lowest BCUT2D eigenvalue weighted by Gasteiger charge is -2.23. The van der Waals surface area contributed by atoms with Crippen LogP contribution in [-0.4, -0.2) is 42.2 Å². The first-order valence-corrected chi connectivity index (χ1v) is 8.34. The Hall–Kier alpha value is -0.900. The Kier molecular flexibility index (Phi) is 6.22. The average molecular weight is 290 g/mol. The van der Waals surface area contributed by atoms with Crippen molar-refractivity contribution >= 4 is 0 Å². The number of hydrogen-bond acceptors (Lipinski definition) is 3. The van der Waals surface area contributed by atoms with Gasteiger partial charge in [-0.25, -0.2) is 0 Å². The maximum Gasteiger partial charge on any atom is 0.0914 e. The van der Waals surface area contributed by atoms with Crippen LogP contribution in [0.4, 0.5) is 0 Å². The SMILES string of the molecule is CCN1CCCC1CNCC(O)c1ccc(C(C)C)cc1. The van der Waals surface area contributed by atoms with Crippen LogP contribution in [0.2, 0.25) is 0 Å². The normalized spacial score (nSPS) is 21.1. The molecule has 1 aliphatic rings. The molecule has 1 aromatic carbocycles. The zero-order valence-electron chi connectivity index (χ0n) is 13.7. The number of likely N-dealkylation sites (N-methyl/N-ethyl adjacent to an activating group) is 1. The highest BCUT2D eigenvalue weighted by atomic mass is 16.3. The molecule has 0 aliphatic carbocycles. The summed E-state index contributed by atoms with van der Waals surface area (Å²) in [5, 5.41) is 13.7. The minimum absolute atomic E-state index is 0.414. The van der Waals surface area contributed by atoms with Gasteiger partial charge in [0, 0.05) is 19.1 Å². The van der Waals surface area contributed by atoms with Gasteiger partial charge in [0.05, 0.1) is 6.10 Å². The smallest absolute Gasteiger partial charge is 0.0914 e. The van der Waals surface area contributed by atoms with Crippen LogP contribution in [0.15, 0.2) is 24.3 Å². The van der Waals surface area contributed by atoms with Crippen LogP contribution in [0, 0.1) is 0 Å². The number of benzene rings is 1. The number of rotatable bonds is 7. The fraction of sp³-hybridized carbons (Fsp3) is 0.667. The van der Waals surface area contributed by atoms with Crippen LogP contribution in [0.3, 0.4) is 0 Å². The molecule has 1 fully saturated rings. The number of nitrogens with one attached hydrogen (secondary N) is 1. The van der Waals surface area contributed by atoms with Gasteiger partial charge in [0.2, 0.25) is 0 Å². The molecule has 2 N–H and O–H groups in total. The molecule has 0 spiro atoms. The van der Waals surface area contributed by atoms with Crippen LogP contribution in [0.25, 0.3) is 0 Å². The molecule has 0 bridgehead atoms. The Morgan fingerprint density at radius 3 is 2.52 bits per heavy atom. The molecular formula is C18H30N2O. The van der Waals surface area contributed by atoms with Gasteiger partial charge in [0.15, 0.2) is 0 Å². The highest BCUT2D eigenvalue weighted by Gasteiger charge is 2.22. The quantitative estimate of drug-likeness (QED) is 0.810. The first-order chi connectivity index (χ1) is 10.1. The molecule has 1 saturated heterocycles. The van der Waals surface area contributed by atoms with Crippen molar-refractivity contribution in [3.8, 4) is 0 Å². The van der Waals surface area contributed by atoms with Gasteiger partial charge in [-0.15, -0.1) is 0 Å². The van der Waals surface area contributed by atoms with Gasteiger partial charge in [-0.2, -0.15) is 0 Å². The molecule has 2 unspecified atom stereocenters. The van der Waals surface area contributed by atoms with Crippen LogP contribution in [0.1, 0.15) is 56.8 Å². The number of nitrogens with zero attached hydrogens (tertiary/aromatic N) is 1. The lowest BCUT2D eigenvalue weighted by atomic mass is 10.00. The monoisotopic (exact) mass is 290 g/mol. The molecule has 0 radical (unpaired) electrons. The second kappa shape index (κ2) is 7.92. The summed E-state index contributed by atoms with van der Waals surface area (Å²) in [6.07, 6.45) is 2.17. The van der Waals surface area contributed by atoms with Crippen molar-refractivity contribution in [2.45, 2.75) is 51.7 Å². The van der Waals surface area contributed by atoms with Crippen LogP contribution in [0.5, 0.6) is 0 Å². The van der Waals surface area contributed by atoms with Crippen molar-refractivity contribution in [1.82, 2.24) is 10.2 Å². The molecule has 0 aromatic heterocycles. The minimum atomic E-state index is -0.414. The van der Waals surface area contributed by atoms with Crippen molar-refractivity contribution in [2.75, 3.05) is 26.2 Å². The summed E-state index contributed by atoms with van der Waals surface area (Å²) in [5.41, 5.74) is 2.33. The zero-order valence-corrected chi connectivity index (χ0v) is 13.7. The topological polar surface area (TPSA) is 35.5 Å². The van der Waals surface area contributed by atoms with Crippen LogP contribution >= 0.6 is 0 Å². The summed E-state index contributed by atoms with van der Waals surface area (Å²) in [6.45, 7) is 10.6. The van der Waals surface area contributed by atoms with Crippen molar-refractivity contribution in [1.29, 1.82) is 0 Å². The van der Waals surface area contributed by atoms with E-state index in [1.54, 1.807) is 0 Å². The molecule has 1 aromatic rings. The van der Waals surface area contributed by atoms with Crippen molar-refractivity contribution < 1.29 is 5.11 Å². The molecule has 2 rings (SSSR count). The first kappa shape index (κ1) is 16.5. The van der Waals surface area contributed by atoms with E-state index in [2.05, 4.69) is 55.3 Å². The van der Waals surface area contributed by atoms with E-state index in [0.29, 0.717) is 18.5 Å². The summed E-state index contributed by atoms with van der Waals surface area (Å²) < 4.78 is 0. The fourth-order valence-electron chi connectivity index (χ4n) is 3.15. The van der Waals surface area contributed by atoms with E-state index in [9.17, 15) is 5.11 Å². The van der Waals surface area contributed by atoms with Gasteiger partial charge in [0.1, 0.15) is 0 Å². The Labute approximate surface area is 129 Å². The Bertz CT molecular complexity index is 416. The zero-order chi connectivity index (χ0) is 15.2. The summed E-state index contributed by atoms with van der Waals surface area (Å²) in [5.74, 6) is 0.539. The van der Waals surface area contributed by atoms with Crippen LogP contribution in [-0.2, 0) is 0 Å². The lowest BCUT2D eigenvalue weighted by Crippen LogP contribution is -2.39. The highest BCUT2D eigenvalue weighted by molar-refractivity contribution is 5.26. The standard InChI is InChI=1S/C18H30N2O/c1-4-20-11-5-6-17(20)12-19-13-18(21)16-9-7-15(8-10-16)14(2)3/h7-10,14,17-19,21H,4-6,11-13H2,1-3H3. The first-order valence-electron chi connectivity index (χ1n) is 8.34. The molecule has 118 valence electrons. The number of aliphatic hydroxyl groups excluding tert-OH is 1. The van der Waals surface area contributed by atoms with Crippen molar-refractivity contribution in [3.05, 3.63) is 35.4 Å². The van der Waals surface area contributed by atoms with Gasteiger partial charge < -0.3 is 10.4 Å². The van der Waals surface area contributed by atoms with Crippen LogP contribution < -0.4 is 5.32 Å². The van der Waals surface area contributed by atoms with E-state index >= 15 is 0 Å². The van der Waals surface area contributed by atoms with Gasteiger partial charge in [-0.3, -0.25) is 4.90 Å². The fourth-order valence-corrected chi connectivity index (χ4v) is 3.15. The Morgan fingerprint density at radius 2 is 1.90 bits per heavy atom. The van der Waals surface area contributed by atoms with E-state index in [0.717, 1.165) is 18.7 Å². The number of likely N-dealkylation sites (tertiary alicyclic amines) is 1. The summed E-state index contributed by atoms with van der Waals surface area (Å²) in [6, 6.07) is 8.99. The maximum absolute atomic E-state index is 10.3. The second-order valence-corrected chi connectivity index (χ2v) is 6.42.